The van der Waals surface area contributed by atoms with Gasteiger partial charge >= 0.3 is 17.9 Å². The number of hydrogen-bond donors (Lipinski definition) is 8. The van der Waals surface area contributed by atoms with E-state index >= 15 is 0 Å². The van der Waals surface area contributed by atoms with Crippen molar-refractivity contribution < 1.29 is 84.6 Å². The summed E-state index contributed by atoms with van der Waals surface area (Å²) in [7, 11) is -12.8. The van der Waals surface area contributed by atoms with E-state index in [0.717, 1.165) is 216 Å². The molecule has 9 aliphatic rings. The molecule has 5 saturated carbocycles. The van der Waals surface area contributed by atoms with E-state index in [9.17, 15) is 65.6 Å². The highest BCUT2D eigenvalue weighted by molar-refractivity contribution is 7.90. The van der Waals surface area contributed by atoms with Crippen molar-refractivity contribution in [2.24, 2.45) is 41.0 Å². The van der Waals surface area contributed by atoms with Gasteiger partial charge < -0.3 is 40.2 Å². The second kappa shape index (κ2) is 38.4. The van der Waals surface area contributed by atoms with Crippen LogP contribution in [0.25, 0.3) is 44.1 Å². The van der Waals surface area contributed by atoms with E-state index in [1.807, 2.05) is 57.1 Å². The molecule has 0 amide bonds. The van der Waals surface area contributed by atoms with Crippen molar-refractivity contribution in [3.63, 3.8) is 0 Å². The minimum Gasteiger partial charge on any atom is -0.481 e. The Hall–Kier alpha value is -14.0. The molecule has 0 radical (unpaired) electrons. The van der Waals surface area contributed by atoms with Crippen molar-refractivity contribution in [3.05, 3.63) is 145 Å². The standard InChI is InChI=1S/C24H26FN7O4S.C24H28FN7O4S.C23H26FN7O4S.C21H24FN7O3S/c1-14(33)36-22-24(9-3-2-4-10-24)31-20(32(30-22)16-5-6-16)11-15-13-27-23(29-21(15)31)28-19-8-7-17(12-18(19)25)37(26,34)35;1-14(2)32-20-11-16-13-27-23(28-19-8-7-17(12-18(19)25)37(26,34)35)29-21(16)31(20)24(9-5-4-6-10-24)22(30-32)36-15(3)33;1-3-30-19-11-15-13-26-22(27-18-8-7-16(12-17(18)24)36(25,33)34)28-20(15)31(19)23(9-5-4-6-10-23)21(29-30)35-14(2)32;1-28-17-10-13-12-24-20(25-14-6-7-16(15(22)11-14)33(23,30)31)26-18(13)29(17)21(19(27-28)32-2)8-4-3-5-9-21/h7-8,11-13,16H,2-6,9-10H2,1H3,(H2,26,34,35)(H,27,28,29);7-8,11-14H,4-6,9-10H2,1-3H3,(H2,26,34,35)(H,27,28,29);7-8,11-13H,3-6,9-10H2,1-2H3,(H2,25,33,34)(H,26,27,28);6-7,10-12H,3-5,8-9H2,1-2H3,(H2,23,30,31)(H,24,25,26). The molecule has 4 aromatic carbocycles. The zero-order valence-electron chi connectivity index (χ0n) is 79.0. The van der Waals surface area contributed by atoms with Crippen molar-refractivity contribution >= 4 is 196 Å². The highest BCUT2D eigenvalue weighted by Gasteiger charge is 2.54. The Morgan fingerprint density at radius 2 is 0.755 bits per heavy atom. The van der Waals surface area contributed by atoms with Gasteiger partial charge in [0, 0.05) is 92.4 Å². The number of carbonyl (C=O) groups is 3. The number of hydrogen-bond acceptors (Lipinski definition) is 35. The summed E-state index contributed by atoms with van der Waals surface area (Å²) in [6.45, 7) is 10.6. The number of methoxy groups -OCH3 is 1. The van der Waals surface area contributed by atoms with Gasteiger partial charge in [-0.15, -0.1) is 20.4 Å². The molecule has 0 atom stereocenters. The van der Waals surface area contributed by atoms with Gasteiger partial charge in [-0.25, -0.2) is 112 Å². The first-order valence-electron chi connectivity index (χ1n) is 46.5. The summed E-state index contributed by atoms with van der Waals surface area (Å²) < 4.78 is 182. The lowest BCUT2D eigenvalue weighted by molar-refractivity contribution is -0.134. The predicted molar refractivity (Wildman–Crippen MR) is 525 cm³/mol. The molecule has 12 N–H and O–H groups in total. The van der Waals surface area contributed by atoms with Crippen molar-refractivity contribution in [2.75, 3.05) is 62.0 Å². The number of nitrogens with zero attached hydrogens (tertiary/aromatic N) is 20. The number of esters is 3. The monoisotopic (exact) mass is 2040 g/mol. The van der Waals surface area contributed by atoms with Gasteiger partial charge in [0.2, 0.25) is 87.5 Å². The Morgan fingerprint density at radius 3 is 1.10 bits per heavy atom. The van der Waals surface area contributed by atoms with E-state index in [2.05, 4.69) is 64.6 Å². The van der Waals surface area contributed by atoms with Gasteiger partial charge in [0.15, 0.2) is 0 Å². The van der Waals surface area contributed by atoms with Crippen LogP contribution >= 0.6 is 0 Å². The second-order valence-electron chi connectivity index (χ2n) is 36.7. The molecule has 12 aromatic rings. The first-order chi connectivity index (χ1) is 68.0. The highest BCUT2D eigenvalue weighted by atomic mass is 32.2. The van der Waals surface area contributed by atoms with E-state index in [0.29, 0.717) is 58.4 Å². The maximum Gasteiger partial charge on any atom is 0.309 e. The average Bonchev–Trinajstić information content (AvgIpc) is 1.54. The lowest BCUT2D eigenvalue weighted by Crippen LogP contribution is -2.51. The van der Waals surface area contributed by atoms with Gasteiger partial charge in [0.1, 0.15) is 96.2 Å². The van der Waals surface area contributed by atoms with Gasteiger partial charge in [-0.05, 0) is 182 Å². The van der Waals surface area contributed by atoms with Gasteiger partial charge in [-0.2, -0.15) is 19.9 Å². The summed E-state index contributed by atoms with van der Waals surface area (Å²) in [6.07, 6.45) is 26.8. The zero-order valence-corrected chi connectivity index (χ0v) is 82.3. The van der Waals surface area contributed by atoms with E-state index in [1.165, 1.54) is 63.2 Å². The van der Waals surface area contributed by atoms with Crippen molar-refractivity contribution in [1.29, 1.82) is 0 Å². The molecule has 0 bridgehead atoms. The van der Waals surface area contributed by atoms with Crippen molar-refractivity contribution in [2.45, 2.75) is 237 Å². The maximum absolute atomic E-state index is 14.7. The van der Waals surface area contributed by atoms with E-state index in [4.69, 9.17) is 74.7 Å². The van der Waals surface area contributed by atoms with Crippen molar-refractivity contribution in [1.82, 2.24) is 58.1 Å². The molecule has 5 aliphatic carbocycles. The average molecular weight is 2050 g/mol. The van der Waals surface area contributed by atoms with Crippen LogP contribution in [0.3, 0.4) is 0 Å². The molecular formula is C92H104F4N28O15S4. The number of anilines is 12. The highest BCUT2D eigenvalue weighted by Crippen LogP contribution is 2.53. The molecule has 12 heterocycles. The van der Waals surface area contributed by atoms with Crippen LogP contribution < -0.4 is 61.9 Å². The number of primary sulfonamides is 4. The maximum atomic E-state index is 14.7. The Morgan fingerprint density at radius 1 is 0.413 bits per heavy atom. The zero-order chi connectivity index (χ0) is 102. The molecule has 4 spiro atoms. The molecule has 21 rings (SSSR count). The lowest BCUT2D eigenvalue weighted by Gasteiger charge is -2.44. The second-order valence-corrected chi connectivity index (χ2v) is 42.9. The number of hydrazone groups is 4. The third kappa shape index (κ3) is 19.2. The molecule has 143 heavy (non-hydrogen) atoms. The Balaban J connectivity index is 0.000000126. The number of benzene rings is 4. The number of nitrogens with two attached hydrogens (primary N) is 4. The third-order valence-corrected chi connectivity index (χ3v) is 30.3. The summed E-state index contributed by atoms with van der Waals surface area (Å²) in [4.78, 5) is 70.8. The third-order valence-electron chi connectivity index (χ3n) is 26.7. The van der Waals surface area contributed by atoms with Gasteiger partial charge in [0.25, 0.3) is 0 Å². The molecule has 5 fully saturated rings. The van der Waals surface area contributed by atoms with Crippen LogP contribution in [0.4, 0.5) is 87.4 Å². The minimum atomic E-state index is -4.15. The number of sulfonamides is 4. The van der Waals surface area contributed by atoms with Crippen molar-refractivity contribution in [3.8, 4) is 0 Å². The molecule has 0 saturated heterocycles. The smallest absolute Gasteiger partial charge is 0.309 e. The van der Waals surface area contributed by atoms with Crippen LogP contribution in [-0.2, 0) is 95.6 Å². The van der Waals surface area contributed by atoms with Crippen LogP contribution in [0.1, 0.15) is 183 Å². The fraction of sp³-hybridized carbons (Fsp3) is 0.402. The summed E-state index contributed by atoms with van der Waals surface area (Å²) in [5.41, 5.74) is 0.327. The normalized spacial score (nSPS) is 17.7. The number of ether oxygens (including phenoxy) is 4. The first-order valence-corrected chi connectivity index (χ1v) is 52.7. The fourth-order valence-electron chi connectivity index (χ4n) is 20.1. The lowest BCUT2D eigenvalue weighted by atomic mass is 9.80. The fourth-order valence-corrected chi connectivity index (χ4v) is 22.3. The number of fused-ring (bicyclic) bond motifs is 16. The molecule has 0 unspecified atom stereocenters. The minimum absolute atomic E-state index is 0.00287. The molecule has 4 aliphatic heterocycles. The van der Waals surface area contributed by atoms with Crippen LogP contribution in [0, 0.1) is 23.3 Å². The Bertz CT molecular complexity index is 7540. The number of carbonyl (C=O) groups excluding carboxylic acids is 3. The largest absolute Gasteiger partial charge is 0.481 e. The van der Waals surface area contributed by atoms with E-state index in [1.54, 1.807) is 46.9 Å². The molecule has 51 heteroatoms. The predicted octanol–water partition coefficient (Wildman–Crippen LogP) is 13.6. The van der Waals surface area contributed by atoms with Crippen LogP contribution in [0.5, 0.6) is 0 Å². The number of halogens is 4. The number of rotatable bonds is 15. The first kappa shape index (κ1) is 99.2. The summed E-state index contributed by atoms with van der Waals surface area (Å²) in [5.74, 6) is 1.04. The van der Waals surface area contributed by atoms with Crippen LogP contribution in [0.2, 0.25) is 0 Å². The van der Waals surface area contributed by atoms with Gasteiger partial charge in [0.05, 0.1) is 44.9 Å². The Labute approximate surface area is 818 Å². The van der Waals surface area contributed by atoms with Gasteiger partial charge in [-0.3, -0.25) is 32.7 Å². The van der Waals surface area contributed by atoms with E-state index < -0.39 is 108 Å². The summed E-state index contributed by atoms with van der Waals surface area (Å²) >= 11 is 0. The molecule has 8 aromatic heterocycles. The topological polar surface area (TPSA) is 562 Å². The summed E-state index contributed by atoms with van der Waals surface area (Å²) in [6, 6.07) is 21.6. The molecule has 43 nitrogen and oxygen atoms in total. The number of nitrogens with one attached hydrogen (secondary N) is 4. The summed E-state index contributed by atoms with van der Waals surface area (Å²) in [5, 5.41) is 61.2. The molecular weight excluding hydrogens is 1940 g/mol. The quantitative estimate of drug-likeness (QED) is 0.0268. The van der Waals surface area contributed by atoms with E-state index in [-0.39, 0.29) is 67.6 Å². The molecule has 754 valence electrons. The number of aromatic nitrogens is 12. The van der Waals surface area contributed by atoms with Gasteiger partial charge in [-0.1, -0.05) is 77.0 Å². The van der Waals surface area contributed by atoms with Crippen LogP contribution in [-0.4, -0.2) is 166 Å². The Kier molecular flexibility index (Phi) is 26.6. The SMILES string of the molecule is CC(=O)OC1=NN(C(C)C)c2cc3cnc(Nc4ccc(S(N)(=O)=O)cc4F)nc3n2C12CCCCC2.CC(=O)OC1=NN(C2CC2)c2cc3cnc(Nc4ccc(S(N)(=O)=O)cc4F)nc3n2C12CCCCC2.CCN1N=C(OC(C)=O)C2(CCCCC2)n2c1cc1cnc(Nc3ccc(S(N)(=O)=O)cc3F)nc12.COC1=NN(C)c2cc3cnc(Nc4ccc(S(N)(=O)=O)c(F)c4)nc3n2C12CCCCC2. The van der Waals surface area contributed by atoms with Crippen LogP contribution in [0.15, 0.2) is 162 Å².